The van der Waals surface area contributed by atoms with Crippen LogP contribution in [0.3, 0.4) is 0 Å². The van der Waals surface area contributed by atoms with Crippen LogP contribution >= 0.6 is 0 Å². The fourth-order valence-electron chi connectivity index (χ4n) is 9.21. The number of carbonyl (C=O) groups excluding carboxylic acids is 2. The van der Waals surface area contributed by atoms with E-state index in [9.17, 15) is 14.7 Å². The topological polar surface area (TPSA) is 218 Å². The molecule has 13 heteroatoms. The lowest BCUT2D eigenvalue weighted by molar-refractivity contribution is -0.130. The smallest absolute Gasteiger partial charge is 0.249 e. The molecule has 2 heterocycles. The fraction of sp³-hybridized carbons (Fsp3) is 0.568. The van der Waals surface area contributed by atoms with E-state index in [4.69, 9.17) is 26.4 Å². The minimum absolute atomic E-state index is 0.133. The van der Waals surface area contributed by atoms with Gasteiger partial charge < -0.3 is 37.0 Å². The van der Waals surface area contributed by atoms with E-state index in [0.29, 0.717) is 37.5 Å². The zero-order chi connectivity index (χ0) is 35.4. The number of aromatic hydroxyl groups is 1. The summed E-state index contributed by atoms with van der Waals surface area (Å²) < 4.78 is 5.90. The van der Waals surface area contributed by atoms with E-state index in [1.807, 2.05) is 26.0 Å². The Labute approximate surface area is 293 Å². The number of aryl methyl sites for hydroxylation is 2. The van der Waals surface area contributed by atoms with Crippen LogP contribution in [-0.2, 0) is 28.9 Å². The van der Waals surface area contributed by atoms with E-state index in [1.165, 1.54) is 38.5 Å². The van der Waals surface area contributed by atoms with Crippen LogP contribution in [0.2, 0.25) is 0 Å². The molecule has 4 fully saturated rings. The Kier molecular flexibility index (Phi) is 10.7. The Morgan fingerprint density at radius 1 is 1.02 bits per heavy atom. The highest BCUT2D eigenvalue weighted by Gasteiger charge is 2.51. The van der Waals surface area contributed by atoms with Gasteiger partial charge in [-0.2, -0.15) is 4.98 Å². The first-order valence-electron chi connectivity index (χ1n) is 17.9. The Morgan fingerprint density at radius 3 is 2.28 bits per heavy atom. The summed E-state index contributed by atoms with van der Waals surface area (Å²) in [5.74, 6) is 2.53. The summed E-state index contributed by atoms with van der Waals surface area (Å²) in [6, 6.07) is 4.53. The summed E-state index contributed by atoms with van der Waals surface area (Å²) in [6.45, 7) is 4.13. The number of amides is 2. The standard InChI is InChI=1S/C37H51N9O4/c1-21-10-27(47)11-22(2)28(21)16-30(43-33(48)29(38)4-3-7-42-36(39)40)34(49)44-31(15-23-5-8-41-9-6-23)35-45-32(46-50-35)20-37-17-24-12-25(18-37)14-26(13-24)19-37/h5-6,8-11,24-26,29-31,47H,3-4,7,12-20,38H2,1-2H3,(H,43,48)(H,44,49)(H4,39,40,42)/t24?,25?,26?,29-,30+,31+,37?/m1/s1. The molecule has 0 saturated heterocycles. The Morgan fingerprint density at radius 2 is 1.66 bits per heavy atom. The van der Waals surface area contributed by atoms with E-state index in [1.54, 1.807) is 24.5 Å². The van der Waals surface area contributed by atoms with Gasteiger partial charge in [0.1, 0.15) is 17.8 Å². The lowest BCUT2D eigenvalue weighted by atomic mass is 9.49. The molecule has 4 saturated carbocycles. The highest BCUT2D eigenvalue weighted by molar-refractivity contribution is 5.90. The van der Waals surface area contributed by atoms with Crippen molar-refractivity contribution in [3.05, 3.63) is 70.6 Å². The fourth-order valence-corrected chi connectivity index (χ4v) is 9.21. The Bertz CT molecular complexity index is 1620. The largest absolute Gasteiger partial charge is 0.508 e. The van der Waals surface area contributed by atoms with Crippen molar-refractivity contribution in [1.82, 2.24) is 31.1 Å². The molecule has 50 heavy (non-hydrogen) atoms. The van der Waals surface area contributed by atoms with Gasteiger partial charge in [-0.05, 0) is 135 Å². The highest BCUT2D eigenvalue weighted by atomic mass is 16.5. The lowest BCUT2D eigenvalue weighted by Crippen LogP contribution is -2.53. The number of hydrogen-bond donors (Lipinski definition) is 7. The number of phenolic OH excluding ortho intramolecular Hbond substituents is 1. The predicted molar refractivity (Wildman–Crippen MR) is 188 cm³/mol. The third-order valence-electron chi connectivity index (χ3n) is 11.1. The quantitative estimate of drug-likeness (QED) is 0.0703. The van der Waals surface area contributed by atoms with Crippen LogP contribution in [-0.4, -0.2) is 56.6 Å². The first-order valence-corrected chi connectivity index (χ1v) is 17.9. The molecule has 4 bridgehead atoms. The summed E-state index contributed by atoms with van der Waals surface area (Å²) in [6.07, 6.45) is 13.4. The molecule has 1 aromatic carbocycles. The summed E-state index contributed by atoms with van der Waals surface area (Å²) >= 11 is 0. The van der Waals surface area contributed by atoms with Crippen LogP contribution in [0, 0.1) is 42.4 Å². The van der Waals surface area contributed by atoms with Crippen molar-refractivity contribution < 1.29 is 19.2 Å². The average molecular weight is 686 g/mol. The maximum absolute atomic E-state index is 14.2. The van der Waals surface area contributed by atoms with Crippen LogP contribution in [0.15, 0.2) is 41.2 Å². The molecule has 0 spiro atoms. The van der Waals surface area contributed by atoms with Gasteiger partial charge in [-0.1, -0.05) is 5.16 Å². The van der Waals surface area contributed by atoms with E-state index < -0.39 is 29.9 Å². The first-order chi connectivity index (χ1) is 23.9. The van der Waals surface area contributed by atoms with Gasteiger partial charge in [-0.15, -0.1) is 0 Å². The van der Waals surface area contributed by atoms with Gasteiger partial charge in [0.25, 0.3) is 0 Å². The zero-order valence-electron chi connectivity index (χ0n) is 29.1. The van der Waals surface area contributed by atoms with E-state index in [0.717, 1.165) is 46.4 Å². The zero-order valence-corrected chi connectivity index (χ0v) is 29.1. The van der Waals surface area contributed by atoms with Crippen LogP contribution in [0.4, 0.5) is 0 Å². The second kappa shape index (κ2) is 15.2. The molecular weight excluding hydrogens is 634 g/mol. The van der Waals surface area contributed by atoms with Crippen molar-refractivity contribution in [3.8, 4) is 5.75 Å². The van der Waals surface area contributed by atoms with Gasteiger partial charge in [0, 0.05) is 38.2 Å². The van der Waals surface area contributed by atoms with Crippen LogP contribution < -0.4 is 27.4 Å². The number of hydrogen-bond acceptors (Lipinski definition) is 9. The molecule has 2 aromatic heterocycles. The third kappa shape index (κ3) is 8.61. The van der Waals surface area contributed by atoms with Crippen molar-refractivity contribution in [1.29, 1.82) is 5.41 Å². The monoisotopic (exact) mass is 685 g/mol. The van der Waals surface area contributed by atoms with Gasteiger partial charge in [-0.3, -0.25) is 20.0 Å². The summed E-state index contributed by atoms with van der Waals surface area (Å²) in [5.41, 5.74) is 15.2. The minimum atomic E-state index is -0.986. The maximum Gasteiger partial charge on any atom is 0.249 e. The molecule has 3 aromatic rings. The normalized spacial score (nSPS) is 23.9. The number of pyridine rings is 1. The molecule has 4 aliphatic rings. The van der Waals surface area contributed by atoms with E-state index >= 15 is 0 Å². The average Bonchev–Trinajstić information content (AvgIpc) is 3.51. The molecule has 4 aliphatic carbocycles. The van der Waals surface area contributed by atoms with Gasteiger partial charge in [0.05, 0.1) is 6.04 Å². The highest BCUT2D eigenvalue weighted by Crippen LogP contribution is 2.60. The van der Waals surface area contributed by atoms with E-state index in [2.05, 4.69) is 26.1 Å². The van der Waals surface area contributed by atoms with Gasteiger partial charge in [0.15, 0.2) is 11.8 Å². The second-order valence-electron chi connectivity index (χ2n) is 15.2. The third-order valence-corrected chi connectivity index (χ3v) is 11.1. The molecule has 3 atom stereocenters. The first kappa shape index (κ1) is 35.3. The van der Waals surface area contributed by atoms with Crippen molar-refractivity contribution >= 4 is 17.8 Å². The molecular formula is C37H51N9O4. The predicted octanol–water partition coefficient (Wildman–Crippen LogP) is 3.26. The SMILES string of the molecule is Cc1cc(O)cc(C)c1C[C@H](NC(=O)[C@H](N)CCCNC(=N)N)C(=O)N[C@@H](Cc1ccncc1)c1nc(CC23CC4CC(CC(C4)C2)C3)no1. The van der Waals surface area contributed by atoms with Gasteiger partial charge >= 0.3 is 0 Å². The number of phenols is 1. The number of nitrogens with two attached hydrogens (primary N) is 2. The summed E-state index contributed by atoms with van der Waals surface area (Å²) in [7, 11) is 0. The van der Waals surface area contributed by atoms with Gasteiger partial charge in [0.2, 0.25) is 17.7 Å². The number of benzene rings is 1. The molecule has 0 aliphatic heterocycles. The summed E-state index contributed by atoms with van der Waals surface area (Å²) in [4.78, 5) is 36.6. The van der Waals surface area contributed by atoms with Crippen LogP contribution in [0.5, 0.6) is 5.75 Å². The van der Waals surface area contributed by atoms with Crippen LogP contribution in [0.25, 0.3) is 0 Å². The molecule has 268 valence electrons. The van der Waals surface area contributed by atoms with Crippen molar-refractivity contribution in [2.45, 2.75) is 103 Å². The van der Waals surface area contributed by atoms with Gasteiger partial charge in [-0.25, -0.2) is 0 Å². The number of rotatable bonds is 15. The lowest BCUT2D eigenvalue weighted by Gasteiger charge is -2.56. The second-order valence-corrected chi connectivity index (χ2v) is 15.2. The number of nitrogens with one attached hydrogen (secondary N) is 4. The molecule has 9 N–H and O–H groups in total. The molecule has 2 amide bonds. The van der Waals surface area contributed by atoms with Crippen molar-refractivity contribution in [2.75, 3.05) is 6.54 Å². The van der Waals surface area contributed by atoms with E-state index in [-0.39, 0.29) is 23.5 Å². The molecule has 7 rings (SSSR count). The number of nitrogens with zero attached hydrogens (tertiary/aromatic N) is 3. The molecule has 0 radical (unpaired) electrons. The Hall–Kier alpha value is -4.52. The van der Waals surface area contributed by atoms with Crippen molar-refractivity contribution in [2.24, 2.45) is 34.6 Å². The molecule has 0 unspecified atom stereocenters. The van der Waals surface area contributed by atoms with Crippen LogP contribution in [0.1, 0.15) is 91.4 Å². The summed E-state index contributed by atoms with van der Waals surface area (Å²) in [5, 5.41) is 30.6. The Balaban J connectivity index is 1.21. The molecule has 13 nitrogen and oxygen atoms in total. The van der Waals surface area contributed by atoms with Crippen molar-refractivity contribution in [3.63, 3.8) is 0 Å². The minimum Gasteiger partial charge on any atom is -0.508 e. The number of guanidine groups is 1. The maximum atomic E-state index is 14.2. The number of carbonyl (C=O) groups is 2. The number of aromatic nitrogens is 3.